The van der Waals surface area contributed by atoms with Crippen LogP contribution in [0.15, 0.2) is 18.2 Å². The average molecular weight is 253 g/mol. The third-order valence-electron chi connectivity index (χ3n) is 3.02. The summed E-state index contributed by atoms with van der Waals surface area (Å²) in [4.78, 5) is 21.8. The average Bonchev–Trinajstić information content (AvgIpc) is 2.81. The van der Waals surface area contributed by atoms with E-state index in [1.54, 1.807) is 0 Å². The zero-order valence-corrected chi connectivity index (χ0v) is 9.60. The third-order valence-corrected chi connectivity index (χ3v) is 3.02. The van der Waals surface area contributed by atoms with Gasteiger partial charge in [0.15, 0.2) is 0 Å². The van der Waals surface area contributed by atoms with Crippen molar-refractivity contribution in [3.05, 3.63) is 34.1 Å². The van der Waals surface area contributed by atoms with Crippen LogP contribution in [0.1, 0.15) is 25.7 Å². The molecule has 0 bridgehead atoms. The number of hydrogen-bond donors (Lipinski definition) is 0. The van der Waals surface area contributed by atoms with Crippen LogP contribution in [-0.4, -0.2) is 10.9 Å². The summed E-state index contributed by atoms with van der Waals surface area (Å²) in [5, 5.41) is 10.7. The molecule has 0 heterocycles. The lowest BCUT2D eigenvalue weighted by atomic mass is 10.1. The van der Waals surface area contributed by atoms with Crippen LogP contribution in [0.5, 0.6) is 5.75 Å². The van der Waals surface area contributed by atoms with Gasteiger partial charge in [-0.15, -0.1) is 0 Å². The molecule has 0 aromatic heterocycles. The Bertz CT molecular complexity index is 483. The van der Waals surface area contributed by atoms with E-state index in [4.69, 9.17) is 4.74 Å². The number of nitro benzene ring substituents is 1. The lowest BCUT2D eigenvalue weighted by Gasteiger charge is -2.09. The van der Waals surface area contributed by atoms with Crippen molar-refractivity contribution >= 4 is 11.7 Å². The number of carbonyl (C=O) groups is 1. The molecule has 6 heteroatoms. The van der Waals surface area contributed by atoms with Gasteiger partial charge in [0.2, 0.25) is 5.75 Å². The maximum Gasteiger partial charge on any atom is 0.314 e. The second-order valence-corrected chi connectivity index (χ2v) is 4.27. The summed E-state index contributed by atoms with van der Waals surface area (Å²) >= 11 is 0. The maximum atomic E-state index is 13.0. The molecule has 0 aliphatic heterocycles. The molecule has 1 saturated carbocycles. The van der Waals surface area contributed by atoms with Gasteiger partial charge in [-0.2, -0.15) is 0 Å². The number of carbonyl (C=O) groups excluding carboxylic acids is 1. The normalized spacial score (nSPS) is 15.6. The first-order chi connectivity index (χ1) is 8.58. The quantitative estimate of drug-likeness (QED) is 0.359. The fraction of sp³-hybridized carbons (Fsp3) is 0.417. The van der Waals surface area contributed by atoms with Crippen LogP contribution in [0.3, 0.4) is 0 Å². The fourth-order valence-corrected chi connectivity index (χ4v) is 2.07. The Balaban J connectivity index is 2.19. The minimum absolute atomic E-state index is 0.229. The van der Waals surface area contributed by atoms with Gasteiger partial charge in [-0.05, 0) is 18.9 Å². The molecular weight excluding hydrogens is 241 g/mol. The molecular formula is C12H12FNO4. The van der Waals surface area contributed by atoms with E-state index in [1.807, 2.05) is 0 Å². The van der Waals surface area contributed by atoms with Crippen LogP contribution in [-0.2, 0) is 4.79 Å². The summed E-state index contributed by atoms with van der Waals surface area (Å²) < 4.78 is 18.0. The Hall–Kier alpha value is -1.98. The highest BCUT2D eigenvalue weighted by Crippen LogP contribution is 2.31. The van der Waals surface area contributed by atoms with Crippen molar-refractivity contribution in [1.29, 1.82) is 0 Å². The van der Waals surface area contributed by atoms with E-state index < -0.39 is 22.4 Å². The summed E-state index contributed by atoms with van der Waals surface area (Å²) in [6.07, 6.45) is 3.35. The largest absolute Gasteiger partial charge is 0.419 e. The second-order valence-electron chi connectivity index (χ2n) is 4.27. The number of halogens is 1. The Morgan fingerprint density at radius 2 is 2.06 bits per heavy atom. The second kappa shape index (κ2) is 5.12. The zero-order valence-electron chi connectivity index (χ0n) is 9.60. The molecule has 96 valence electrons. The maximum absolute atomic E-state index is 13.0. The molecule has 1 aromatic rings. The summed E-state index contributed by atoms with van der Waals surface area (Å²) in [5.74, 6) is -1.74. The molecule has 0 atom stereocenters. The first kappa shape index (κ1) is 12.5. The van der Waals surface area contributed by atoms with Gasteiger partial charge in [0, 0.05) is 12.1 Å². The summed E-state index contributed by atoms with van der Waals surface area (Å²) in [7, 11) is 0. The Labute approximate surface area is 103 Å². The lowest BCUT2D eigenvalue weighted by molar-refractivity contribution is -0.385. The highest BCUT2D eigenvalue weighted by Gasteiger charge is 2.27. The smallest absolute Gasteiger partial charge is 0.314 e. The summed E-state index contributed by atoms with van der Waals surface area (Å²) in [6, 6.07) is 2.82. The number of ether oxygens (including phenoxy) is 1. The Morgan fingerprint density at radius 1 is 1.39 bits per heavy atom. The molecule has 0 saturated heterocycles. The molecule has 0 N–H and O–H groups in total. The van der Waals surface area contributed by atoms with E-state index >= 15 is 0 Å². The molecule has 1 aromatic carbocycles. The Kier molecular flexibility index (Phi) is 3.55. The summed E-state index contributed by atoms with van der Waals surface area (Å²) in [5.41, 5.74) is -0.400. The first-order valence-electron chi connectivity index (χ1n) is 5.73. The molecule has 0 radical (unpaired) electrons. The first-order valence-corrected chi connectivity index (χ1v) is 5.73. The minimum Gasteiger partial charge on any atom is -0.419 e. The SMILES string of the molecule is O=C(Oc1cc(F)ccc1[N+](=O)[O-])C1CCCC1. The van der Waals surface area contributed by atoms with Crippen molar-refractivity contribution in [1.82, 2.24) is 0 Å². The van der Waals surface area contributed by atoms with Gasteiger partial charge in [-0.3, -0.25) is 14.9 Å². The highest BCUT2D eigenvalue weighted by atomic mass is 19.1. The van der Waals surface area contributed by atoms with Gasteiger partial charge >= 0.3 is 11.7 Å². The number of benzene rings is 1. The van der Waals surface area contributed by atoms with Crippen LogP contribution in [0.4, 0.5) is 10.1 Å². The van der Waals surface area contributed by atoms with E-state index in [-0.39, 0.29) is 11.7 Å². The minimum atomic E-state index is -0.698. The standard InChI is InChI=1S/C12H12FNO4/c13-9-5-6-10(14(16)17)11(7-9)18-12(15)8-3-1-2-4-8/h5-8H,1-4H2. The van der Waals surface area contributed by atoms with E-state index in [2.05, 4.69) is 0 Å². The highest BCUT2D eigenvalue weighted by molar-refractivity contribution is 5.76. The van der Waals surface area contributed by atoms with Crippen molar-refractivity contribution in [3.63, 3.8) is 0 Å². The van der Waals surface area contributed by atoms with Crippen molar-refractivity contribution < 1.29 is 18.8 Å². The van der Waals surface area contributed by atoms with Crippen LogP contribution in [0.2, 0.25) is 0 Å². The molecule has 1 aliphatic rings. The number of esters is 1. The molecule has 1 fully saturated rings. The lowest BCUT2D eigenvalue weighted by Crippen LogP contribution is -2.18. The van der Waals surface area contributed by atoms with Gasteiger partial charge < -0.3 is 4.74 Å². The molecule has 18 heavy (non-hydrogen) atoms. The van der Waals surface area contributed by atoms with Gasteiger partial charge in [-0.25, -0.2) is 4.39 Å². The van der Waals surface area contributed by atoms with Crippen molar-refractivity contribution in [3.8, 4) is 5.75 Å². The van der Waals surface area contributed by atoms with Crippen LogP contribution >= 0.6 is 0 Å². The van der Waals surface area contributed by atoms with Gasteiger partial charge in [0.25, 0.3) is 0 Å². The fourth-order valence-electron chi connectivity index (χ4n) is 2.07. The molecule has 0 unspecified atom stereocenters. The van der Waals surface area contributed by atoms with Gasteiger partial charge in [-0.1, -0.05) is 12.8 Å². The predicted octanol–water partition coefficient (Wildman–Crippen LogP) is 2.83. The van der Waals surface area contributed by atoms with Crippen LogP contribution in [0, 0.1) is 21.8 Å². The van der Waals surface area contributed by atoms with Gasteiger partial charge in [0.1, 0.15) is 5.82 Å². The molecule has 0 spiro atoms. The Morgan fingerprint density at radius 3 is 2.67 bits per heavy atom. The van der Waals surface area contributed by atoms with Crippen LogP contribution < -0.4 is 4.74 Å². The third kappa shape index (κ3) is 2.64. The van der Waals surface area contributed by atoms with E-state index in [0.29, 0.717) is 0 Å². The van der Waals surface area contributed by atoms with Crippen molar-refractivity contribution in [2.45, 2.75) is 25.7 Å². The van der Waals surface area contributed by atoms with E-state index in [1.165, 1.54) is 0 Å². The molecule has 0 amide bonds. The number of nitro groups is 1. The monoisotopic (exact) mass is 253 g/mol. The van der Waals surface area contributed by atoms with Gasteiger partial charge in [0.05, 0.1) is 10.8 Å². The summed E-state index contributed by atoms with van der Waals surface area (Å²) in [6.45, 7) is 0. The van der Waals surface area contributed by atoms with Crippen molar-refractivity contribution in [2.24, 2.45) is 5.92 Å². The number of hydrogen-bond acceptors (Lipinski definition) is 4. The zero-order chi connectivity index (χ0) is 13.1. The predicted molar refractivity (Wildman–Crippen MR) is 60.6 cm³/mol. The van der Waals surface area contributed by atoms with Crippen molar-refractivity contribution in [2.75, 3.05) is 0 Å². The molecule has 2 rings (SSSR count). The topological polar surface area (TPSA) is 69.4 Å². The molecule has 5 nitrogen and oxygen atoms in total. The molecule has 1 aliphatic carbocycles. The number of nitrogens with zero attached hydrogens (tertiary/aromatic N) is 1. The number of rotatable bonds is 3. The van der Waals surface area contributed by atoms with E-state index in [0.717, 1.165) is 43.9 Å². The van der Waals surface area contributed by atoms with Crippen LogP contribution in [0.25, 0.3) is 0 Å². The van der Waals surface area contributed by atoms with E-state index in [9.17, 15) is 19.3 Å².